The Kier molecular flexibility index (Phi) is 4.35. The first-order chi connectivity index (χ1) is 10.6. The molecule has 7 heteroatoms. The Bertz CT molecular complexity index is 837. The Balaban J connectivity index is 1.66. The molecule has 0 saturated heterocycles. The van der Waals surface area contributed by atoms with Gasteiger partial charge in [-0.2, -0.15) is 0 Å². The highest BCUT2D eigenvalue weighted by molar-refractivity contribution is 9.10. The van der Waals surface area contributed by atoms with Crippen LogP contribution in [-0.4, -0.2) is 17.5 Å². The van der Waals surface area contributed by atoms with Gasteiger partial charge >= 0.3 is 0 Å². The minimum Gasteiger partial charge on any atom is -0.481 e. The molecule has 1 N–H and O–H groups in total. The molecule has 0 saturated carbocycles. The maximum absolute atomic E-state index is 13.4. The number of hydrogen-bond donors (Lipinski definition) is 1. The van der Waals surface area contributed by atoms with Gasteiger partial charge in [0.2, 0.25) is 0 Å². The van der Waals surface area contributed by atoms with E-state index in [2.05, 4.69) is 26.2 Å². The monoisotopic (exact) mass is 380 g/mol. The van der Waals surface area contributed by atoms with E-state index in [-0.39, 0.29) is 12.4 Å². The Morgan fingerprint density at radius 1 is 1.27 bits per heavy atom. The number of amides is 1. The van der Waals surface area contributed by atoms with Gasteiger partial charge in [-0.3, -0.25) is 10.1 Å². The summed E-state index contributed by atoms with van der Waals surface area (Å²) in [5.74, 6) is -0.845. The molecule has 1 heterocycles. The average Bonchev–Trinajstić information content (AvgIpc) is 2.90. The Morgan fingerprint density at radius 3 is 2.86 bits per heavy atom. The van der Waals surface area contributed by atoms with Crippen LogP contribution in [0.1, 0.15) is 0 Å². The molecule has 3 aromatic rings. The maximum Gasteiger partial charge on any atom is 0.264 e. The number of ether oxygens (including phenoxy) is 1. The number of nitrogens with zero attached hydrogens (tertiary/aromatic N) is 1. The number of aromatic nitrogens is 1. The molecule has 0 unspecified atom stereocenters. The van der Waals surface area contributed by atoms with Crippen LogP contribution in [0.5, 0.6) is 5.75 Å². The molecule has 0 aliphatic heterocycles. The minimum atomic E-state index is -0.501. The molecule has 0 atom stereocenters. The van der Waals surface area contributed by atoms with Gasteiger partial charge < -0.3 is 4.74 Å². The van der Waals surface area contributed by atoms with Crippen molar-refractivity contribution in [1.82, 2.24) is 4.98 Å². The summed E-state index contributed by atoms with van der Waals surface area (Å²) >= 11 is 4.77. The third-order valence-electron chi connectivity index (χ3n) is 2.81. The second kappa shape index (κ2) is 6.41. The van der Waals surface area contributed by atoms with Gasteiger partial charge in [-0.05, 0) is 40.2 Å². The second-order valence-electron chi connectivity index (χ2n) is 4.37. The number of benzene rings is 2. The quantitative estimate of drug-likeness (QED) is 0.737. The summed E-state index contributed by atoms with van der Waals surface area (Å²) in [6.45, 7) is -0.280. The van der Waals surface area contributed by atoms with Crippen LogP contribution in [0.15, 0.2) is 46.9 Å². The lowest BCUT2D eigenvalue weighted by Crippen LogP contribution is -2.20. The van der Waals surface area contributed by atoms with E-state index in [9.17, 15) is 9.18 Å². The van der Waals surface area contributed by atoms with Gasteiger partial charge in [0.1, 0.15) is 0 Å². The zero-order valence-electron chi connectivity index (χ0n) is 11.2. The lowest BCUT2D eigenvalue weighted by molar-refractivity contribution is -0.118. The van der Waals surface area contributed by atoms with Crippen LogP contribution >= 0.6 is 27.3 Å². The van der Waals surface area contributed by atoms with Crippen LogP contribution in [0.4, 0.5) is 9.52 Å². The molecule has 1 aromatic heterocycles. The normalized spacial score (nSPS) is 10.6. The van der Waals surface area contributed by atoms with Gasteiger partial charge in [0.25, 0.3) is 5.91 Å². The average molecular weight is 381 g/mol. The topological polar surface area (TPSA) is 51.2 Å². The molecule has 1 amide bonds. The lowest BCUT2D eigenvalue weighted by atomic mass is 10.3. The molecule has 0 radical (unpaired) electrons. The van der Waals surface area contributed by atoms with E-state index < -0.39 is 11.7 Å². The van der Waals surface area contributed by atoms with Crippen molar-refractivity contribution < 1.29 is 13.9 Å². The van der Waals surface area contributed by atoms with Gasteiger partial charge in [0.15, 0.2) is 23.3 Å². The highest BCUT2D eigenvalue weighted by Crippen LogP contribution is 2.30. The molecule has 2 aromatic carbocycles. The summed E-state index contributed by atoms with van der Waals surface area (Å²) in [7, 11) is 0. The SMILES string of the molecule is O=C(COc1ccccc1F)Nc1nc2c(Br)cccc2s1. The summed E-state index contributed by atoms with van der Waals surface area (Å²) in [6, 6.07) is 11.6. The highest BCUT2D eigenvalue weighted by atomic mass is 79.9. The fourth-order valence-electron chi connectivity index (χ4n) is 1.83. The lowest BCUT2D eigenvalue weighted by Gasteiger charge is -2.06. The first-order valence-electron chi connectivity index (χ1n) is 6.36. The molecule has 0 fully saturated rings. The molecule has 0 aliphatic rings. The van der Waals surface area contributed by atoms with Crippen molar-refractivity contribution in [2.45, 2.75) is 0 Å². The third kappa shape index (κ3) is 3.26. The number of hydrogen-bond acceptors (Lipinski definition) is 4. The molecular weight excluding hydrogens is 371 g/mol. The standard InChI is InChI=1S/C15H10BrFN2O2S/c16-9-4-3-7-12-14(9)19-15(22-12)18-13(20)8-21-11-6-2-1-5-10(11)17/h1-7H,8H2,(H,18,19,20). The minimum absolute atomic E-state index is 0.0460. The summed E-state index contributed by atoms with van der Waals surface area (Å²) in [5.41, 5.74) is 0.790. The first-order valence-corrected chi connectivity index (χ1v) is 7.96. The predicted octanol–water partition coefficient (Wildman–Crippen LogP) is 4.22. The fourth-order valence-corrected chi connectivity index (χ4v) is 3.32. The van der Waals surface area contributed by atoms with E-state index >= 15 is 0 Å². The molecular formula is C15H10BrFN2O2S. The summed E-state index contributed by atoms with van der Waals surface area (Å²) in [6.07, 6.45) is 0. The van der Waals surface area contributed by atoms with E-state index in [1.165, 1.54) is 23.5 Å². The van der Waals surface area contributed by atoms with Crippen LogP contribution in [0.25, 0.3) is 10.2 Å². The first kappa shape index (κ1) is 14.9. The highest BCUT2D eigenvalue weighted by Gasteiger charge is 2.11. The zero-order chi connectivity index (χ0) is 15.5. The van der Waals surface area contributed by atoms with E-state index in [0.29, 0.717) is 5.13 Å². The van der Waals surface area contributed by atoms with Gasteiger partial charge in [0, 0.05) is 4.47 Å². The number of thiazole rings is 1. The van der Waals surface area contributed by atoms with Crippen LogP contribution in [0.3, 0.4) is 0 Å². The van der Waals surface area contributed by atoms with E-state index in [0.717, 1.165) is 14.7 Å². The van der Waals surface area contributed by atoms with Crippen LogP contribution < -0.4 is 10.1 Å². The molecule has 112 valence electrons. The van der Waals surface area contributed by atoms with Crippen molar-refractivity contribution in [2.24, 2.45) is 0 Å². The molecule has 22 heavy (non-hydrogen) atoms. The van der Waals surface area contributed by atoms with Crippen LogP contribution in [0.2, 0.25) is 0 Å². The number of fused-ring (bicyclic) bond motifs is 1. The van der Waals surface area contributed by atoms with E-state index in [4.69, 9.17) is 4.74 Å². The van der Waals surface area contributed by atoms with Crippen molar-refractivity contribution in [2.75, 3.05) is 11.9 Å². The van der Waals surface area contributed by atoms with Crippen molar-refractivity contribution in [1.29, 1.82) is 0 Å². The largest absolute Gasteiger partial charge is 0.481 e. The Morgan fingerprint density at radius 2 is 2.09 bits per heavy atom. The number of nitrogens with one attached hydrogen (secondary N) is 1. The molecule has 0 bridgehead atoms. The number of para-hydroxylation sites is 2. The van der Waals surface area contributed by atoms with Gasteiger partial charge in [-0.1, -0.05) is 29.5 Å². The Labute approximate surface area is 138 Å². The van der Waals surface area contributed by atoms with Gasteiger partial charge in [0.05, 0.1) is 10.2 Å². The molecule has 0 spiro atoms. The zero-order valence-corrected chi connectivity index (χ0v) is 13.6. The van der Waals surface area contributed by atoms with Gasteiger partial charge in [-0.25, -0.2) is 9.37 Å². The molecule has 3 rings (SSSR count). The van der Waals surface area contributed by atoms with Crippen LogP contribution in [0, 0.1) is 5.82 Å². The summed E-state index contributed by atoms with van der Waals surface area (Å²) < 4.78 is 20.4. The number of rotatable bonds is 4. The van der Waals surface area contributed by atoms with E-state index in [1.54, 1.807) is 12.1 Å². The molecule has 0 aliphatic carbocycles. The fraction of sp³-hybridized carbons (Fsp3) is 0.0667. The number of carbonyl (C=O) groups is 1. The summed E-state index contributed by atoms with van der Waals surface area (Å²) in [5, 5.41) is 3.12. The maximum atomic E-state index is 13.4. The number of anilines is 1. The van der Waals surface area contributed by atoms with Gasteiger partial charge in [-0.15, -0.1) is 0 Å². The van der Waals surface area contributed by atoms with Crippen LogP contribution in [-0.2, 0) is 4.79 Å². The van der Waals surface area contributed by atoms with Crippen molar-refractivity contribution in [3.63, 3.8) is 0 Å². The number of carbonyl (C=O) groups excluding carboxylic acids is 1. The van der Waals surface area contributed by atoms with Crippen molar-refractivity contribution >= 4 is 48.5 Å². The number of halogens is 2. The predicted molar refractivity (Wildman–Crippen MR) is 87.8 cm³/mol. The smallest absolute Gasteiger partial charge is 0.264 e. The summed E-state index contributed by atoms with van der Waals surface area (Å²) in [4.78, 5) is 16.2. The third-order valence-corrected chi connectivity index (χ3v) is 4.39. The van der Waals surface area contributed by atoms with Crippen molar-refractivity contribution in [3.8, 4) is 5.75 Å². The molecule has 4 nitrogen and oxygen atoms in total. The second-order valence-corrected chi connectivity index (χ2v) is 6.26. The van der Waals surface area contributed by atoms with Crippen molar-refractivity contribution in [3.05, 3.63) is 52.8 Å². The Hall–Kier alpha value is -1.99. The van der Waals surface area contributed by atoms with E-state index in [1.807, 2.05) is 18.2 Å².